The van der Waals surface area contributed by atoms with Gasteiger partial charge in [-0.3, -0.25) is 9.28 Å². The number of rotatable bonds is 1. The molecule has 0 saturated carbocycles. The molecule has 1 aromatic carbocycles. The Kier molecular flexibility index (Phi) is 2.08. The number of nitrogens with zero attached hydrogens (tertiary/aromatic N) is 1. The van der Waals surface area contributed by atoms with Crippen LogP contribution in [0, 0.1) is 0 Å². The van der Waals surface area contributed by atoms with E-state index in [9.17, 15) is 4.79 Å². The number of para-hydroxylation sites is 1. The van der Waals surface area contributed by atoms with Crippen LogP contribution in [0.2, 0.25) is 0 Å². The van der Waals surface area contributed by atoms with Gasteiger partial charge in [0.1, 0.15) is 0 Å². The van der Waals surface area contributed by atoms with E-state index < -0.39 is 0 Å². The van der Waals surface area contributed by atoms with Crippen molar-refractivity contribution in [2.45, 2.75) is 13.0 Å². The van der Waals surface area contributed by atoms with E-state index in [2.05, 4.69) is 21.1 Å². The molecular weight excluding hydrogens is 190 g/mol. The lowest BCUT2D eigenvalue weighted by Gasteiger charge is -2.24. The van der Waals surface area contributed by atoms with Crippen molar-refractivity contribution in [2.75, 3.05) is 21.1 Å². The second-order valence-electron chi connectivity index (χ2n) is 4.79. The van der Waals surface area contributed by atoms with Crippen LogP contribution in [-0.2, 0) is 0 Å². The van der Waals surface area contributed by atoms with E-state index in [1.165, 1.54) is 0 Å². The molecule has 0 amide bonds. The Morgan fingerprint density at radius 2 is 1.93 bits per heavy atom. The Bertz CT molecular complexity index is 418. The Balaban J connectivity index is 2.60. The van der Waals surface area contributed by atoms with Gasteiger partial charge in [-0.25, -0.2) is 0 Å². The molecule has 1 heterocycles. The molecule has 3 nitrogen and oxygen atoms in total. The number of hydrogen-bond acceptors (Lipinski definition) is 2. The maximum absolute atomic E-state index is 11.7. The maximum Gasteiger partial charge on any atom is 0.206 e. The summed E-state index contributed by atoms with van der Waals surface area (Å²) in [5.41, 5.74) is 1.76. The Labute approximate surface area is 89.9 Å². The number of quaternary nitrogens is 1. The van der Waals surface area contributed by atoms with Crippen molar-refractivity contribution in [3.05, 3.63) is 23.8 Å². The predicted octanol–water partition coefficient (Wildman–Crippen LogP) is 1.85. The normalized spacial score (nSPS) is 20.0. The standard InChI is InChI=1S/C12H16NO2/c1-8-11(14)9-6-5-7-10(12(9)15-8)13(2,3)4/h5-8H,1-4H3/q+1. The summed E-state index contributed by atoms with van der Waals surface area (Å²) in [6, 6.07) is 5.75. The quantitative estimate of drug-likeness (QED) is 0.655. The fourth-order valence-corrected chi connectivity index (χ4v) is 1.82. The van der Waals surface area contributed by atoms with Crippen molar-refractivity contribution in [1.82, 2.24) is 4.48 Å². The molecule has 0 radical (unpaired) electrons. The van der Waals surface area contributed by atoms with Crippen molar-refractivity contribution in [1.29, 1.82) is 0 Å². The van der Waals surface area contributed by atoms with Gasteiger partial charge < -0.3 is 4.74 Å². The minimum Gasteiger partial charge on any atom is -0.476 e. The number of fused-ring (bicyclic) bond motifs is 1. The number of ether oxygens (including phenoxy) is 1. The summed E-state index contributed by atoms with van der Waals surface area (Å²) in [5, 5.41) is 0. The lowest BCUT2D eigenvalue weighted by atomic mass is 10.1. The molecule has 0 bridgehead atoms. The Hall–Kier alpha value is -1.35. The fourth-order valence-electron chi connectivity index (χ4n) is 1.82. The van der Waals surface area contributed by atoms with Crippen LogP contribution in [0.25, 0.3) is 0 Å². The first-order valence-electron chi connectivity index (χ1n) is 5.07. The second kappa shape index (κ2) is 3.07. The maximum atomic E-state index is 11.7. The third-order valence-corrected chi connectivity index (χ3v) is 2.65. The van der Waals surface area contributed by atoms with Gasteiger partial charge in [0, 0.05) is 6.07 Å². The first-order valence-corrected chi connectivity index (χ1v) is 5.07. The van der Waals surface area contributed by atoms with Gasteiger partial charge in [-0.15, -0.1) is 0 Å². The second-order valence-corrected chi connectivity index (χ2v) is 4.79. The zero-order valence-electron chi connectivity index (χ0n) is 9.57. The highest BCUT2D eigenvalue weighted by Gasteiger charge is 2.34. The van der Waals surface area contributed by atoms with Crippen molar-refractivity contribution >= 4 is 11.5 Å². The average molecular weight is 206 g/mol. The lowest BCUT2D eigenvalue weighted by molar-refractivity contribution is 0.0878. The summed E-state index contributed by atoms with van der Waals surface area (Å²) in [7, 11) is 6.19. The molecule has 3 heteroatoms. The highest BCUT2D eigenvalue weighted by molar-refractivity contribution is 6.05. The highest BCUT2D eigenvalue weighted by atomic mass is 16.5. The number of carbonyl (C=O) groups excluding carboxylic acids is 1. The lowest BCUT2D eigenvalue weighted by Crippen LogP contribution is -2.35. The van der Waals surface area contributed by atoms with Crippen molar-refractivity contribution in [2.24, 2.45) is 0 Å². The molecule has 0 aromatic heterocycles. The van der Waals surface area contributed by atoms with Gasteiger partial charge in [0.15, 0.2) is 17.5 Å². The van der Waals surface area contributed by atoms with Gasteiger partial charge in [0.05, 0.1) is 26.7 Å². The van der Waals surface area contributed by atoms with Gasteiger partial charge in [0.2, 0.25) is 5.78 Å². The van der Waals surface area contributed by atoms with Crippen LogP contribution in [0.15, 0.2) is 18.2 Å². The molecule has 0 N–H and O–H groups in total. The van der Waals surface area contributed by atoms with Crippen LogP contribution in [0.1, 0.15) is 17.3 Å². The molecule has 1 atom stereocenters. The Morgan fingerprint density at radius 1 is 1.27 bits per heavy atom. The van der Waals surface area contributed by atoms with Crippen LogP contribution >= 0.6 is 0 Å². The van der Waals surface area contributed by atoms with Crippen molar-refractivity contribution in [3.8, 4) is 5.75 Å². The molecule has 1 aliphatic rings. The minimum atomic E-state index is -0.340. The third-order valence-electron chi connectivity index (χ3n) is 2.65. The van der Waals surface area contributed by atoms with Gasteiger partial charge >= 0.3 is 0 Å². The zero-order valence-corrected chi connectivity index (χ0v) is 9.57. The van der Waals surface area contributed by atoms with E-state index in [4.69, 9.17) is 4.74 Å². The van der Waals surface area contributed by atoms with Gasteiger partial charge in [0.25, 0.3) is 0 Å². The van der Waals surface area contributed by atoms with E-state index in [0.29, 0.717) is 10.0 Å². The molecule has 1 unspecified atom stereocenters. The van der Waals surface area contributed by atoms with Crippen LogP contribution in [0.4, 0.5) is 5.69 Å². The van der Waals surface area contributed by atoms with Gasteiger partial charge in [-0.1, -0.05) is 6.07 Å². The minimum absolute atomic E-state index is 0.0836. The van der Waals surface area contributed by atoms with Crippen LogP contribution < -0.4 is 9.22 Å². The molecule has 1 aromatic rings. The monoisotopic (exact) mass is 206 g/mol. The number of ketones is 1. The topological polar surface area (TPSA) is 26.3 Å². The summed E-state index contributed by atoms with van der Waals surface area (Å²) in [5.74, 6) is 0.836. The molecule has 1 aliphatic heterocycles. The smallest absolute Gasteiger partial charge is 0.206 e. The van der Waals surface area contributed by atoms with Crippen molar-refractivity contribution in [3.63, 3.8) is 0 Å². The largest absolute Gasteiger partial charge is 0.476 e. The van der Waals surface area contributed by atoms with E-state index in [-0.39, 0.29) is 11.9 Å². The first kappa shape index (κ1) is 10.2. The predicted molar refractivity (Wildman–Crippen MR) is 60.4 cm³/mol. The summed E-state index contributed by atoms with van der Waals surface area (Å²) in [6.07, 6.45) is -0.340. The molecule has 80 valence electrons. The first-order chi connectivity index (χ1) is 6.91. The average Bonchev–Trinajstić information content (AvgIpc) is 2.41. The highest BCUT2D eigenvalue weighted by Crippen LogP contribution is 2.39. The molecule has 0 spiro atoms. The molecular formula is C12H16NO2+. The molecule has 0 aliphatic carbocycles. The molecule has 0 saturated heterocycles. The number of hydrogen-bond donors (Lipinski definition) is 0. The fraction of sp³-hybridized carbons (Fsp3) is 0.417. The Morgan fingerprint density at radius 3 is 2.53 bits per heavy atom. The summed E-state index contributed by atoms with van der Waals surface area (Å²) < 4.78 is 6.27. The van der Waals surface area contributed by atoms with Crippen LogP contribution in [0.5, 0.6) is 5.75 Å². The van der Waals surface area contributed by atoms with Gasteiger partial charge in [-0.2, -0.15) is 0 Å². The third kappa shape index (κ3) is 1.53. The molecule has 0 fully saturated rings. The summed E-state index contributed by atoms with van der Waals surface area (Å²) >= 11 is 0. The number of Topliss-reactive ketones (excluding diaryl/α,β-unsaturated/α-hetero) is 1. The van der Waals surface area contributed by atoms with E-state index in [0.717, 1.165) is 11.4 Å². The number of benzene rings is 1. The van der Waals surface area contributed by atoms with Crippen molar-refractivity contribution < 1.29 is 9.53 Å². The summed E-state index contributed by atoms with van der Waals surface area (Å²) in [6.45, 7) is 1.79. The number of carbonyl (C=O) groups is 1. The molecule has 15 heavy (non-hydrogen) atoms. The van der Waals surface area contributed by atoms with E-state index >= 15 is 0 Å². The SMILES string of the molecule is CC1Oc2c(cccc2[N+](C)(C)C)C1=O. The van der Waals surface area contributed by atoms with E-state index in [1.807, 2.05) is 18.2 Å². The molecule has 2 rings (SSSR count). The van der Waals surface area contributed by atoms with Gasteiger partial charge in [-0.05, 0) is 13.0 Å². The van der Waals surface area contributed by atoms with Crippen LogP contribution in [-0.4, -0.2) is 33.0 Å². The zero-order chi connectivity index (χ0) is 11.2. The van der Waals surface area contributed by atoms with Crippen LogP contribution in [0.3, 0.4) is 0 Å². The summed E-state index contributed by atoms with van der Waals surface area (Å²) in [4.78, 5) is 11.7. The van der Waals surface area contributed by atoms with E-state index in [1.54, 1.807) is 6.92 Å².